The van der Waals surface area contributed by atoms with Crippen molar-refractivity contribution in [2.45, 2.75) is 91.8 Å². The average molecular weight is 520 g/mol. The molecule has 0 aliphatic heterocycles. The zero-order valence-corrected chi connectivity index (χ0v) is 23.7. The second kappa shape index (κ2) is 15.2. The zero-order valence-electron chi connectivity index (χ0n) is 23.7. The van der Waals surface area contributed by atoms with Crippen molar-refractivity contribution in [3.05, 3.63) is 35.4 Å². The van der Waals surface area contributed by atoms with Gasteiger partial charge >= 0.3 is 12.1 Å². The molecule has 0 aliphatic carbocycles. The van der Waals surface area contributed by atoms with Crippen LogP contribution >= 0.6 is 0 Å². The van der Waals surface area contributed by atoms with Gasteiger partial charge in [-0.3, -0.25) is 14.4 Å². The van der Waals surface area contributed by atoms with Crippen LogP contribution in [0.2, 0.25) is 0 Å². The first-order valence-corrected chi connectivity index (χ1v) is 13.0. The fourth-order valence-electron chi connectivity index (χ4n) is 3.84. The molecule has 3 amide bonds. The van der Waals surface area contributed by atoms with Crippen LogP contribution in [-0.4, -0.2) is 60.6 Å². The van der Waals surface area contributed by atoms with Crippen molar-refractivity contribution < 1.29 is 28.7 Å². The summed E-state index contributed by atoms with van der Waals surface area (Å²) in [5.74, 6) is -1.75. The van der Waals surface area contributed by atoms with Gasteiger partial charge in [0.05, 0.1) is 7.11 Å². The first kappa shape index (κ1) is 31.9. The van der Waals surface area contributed by atoms with E-state index in [1.165, 1.54) is 12.0 Å². The smallest absolute Gasteiger partial charge is 0.408 e. The average Bonchev–Trinajstić information content (AvgIpc) is 2.81. The number of hydrogen-bond donors (Lipinski definition) is 2. The van der Waals surface area contributed by atoms with Crippen LogP contribution in [0.5, 0.6) is 0 Å². The summed E-state index contributed by atoms with van der Waals surface area (Å²) >= 11 is 0. The van der Waals surface area contributed by atoms with E-state index in [0.29, 0.717) is 18.5 Å². The molecule has 1 rings (SSSR count). The van der Waals surface area contributed by atoms with Gasteiger partial charge < -0.3 is 25.0 Å². The Bertz CT molecular complexity index is 909. The summed E-state index contributed by atoms with van der Waals surface area (Å²) in [6.45, 7) is 12.9. The predicted molar refractivity (Wildman–Crippen MR) is 143 cm³/mol. The van der Waals surface area contributed by atoms with Gasteiger partial charge in [0.1, 0.15) is 24.2 Å². The van der Waals surface area contributed by atoms with E-state index in [2.05, 4.69) is 22.3 Å². The maximum absolute atomic E-state index is 14.0. The highest BCUT2D eigenvalue weighted by Gasteiger charge is 2.37. The van der Waals surface area contributed by atoms with Gasteiger partial charge in [-0.25, -0.2) is 4.79 Å². The van der Waals surface area contributed by atoms with E-state index in [1.807, 2.05) is 39.0 Å². The SMILES string of the molecule is CCCCCCN(C(=O)C(NC(=O)OC(C)(C)C)C(C)C)C(C(=O)NCC(=O)OC)c1cccc(C)c1. The first-order valence-electron chi connectivity index (χ1n) is 13.0. The lowest BCUT2D eigenvalue weighted by Crippen LogP contribution is -2.55. The van der Waals surface area contributed by atoms with Crippen molar-refractivity contribution >= 4 is 23.9 Å². The molecule has 0 bridgehead atoms. The molecule has 9 nitrogen and oxygen atoms in total. The second-order valence-electron chi connectivity index (χ2n) is 10.6. The molecule has 2 N–H and O–H groups in total. The number of esters is 1. The number of unbranched alkanes of at least 4 members (excludes halogenated alkanes) is 3. The van der Waals surface area contributed by atoms with Crippen molar-refractivity contribution in [2.24, 2.45) is 5.92 Å². The zero-order chi connectivity index (χ0) is 28.2. The third-order valence-corrected chi connectivity index (χ3v) is 5.69. The minimum absolute atomic E-state index is 0.269. The highest BCUT2D eigenvalue weighted by atomic mass is 16.6. The summed E-state index contributed by atoms with van der Waals surface area (Å²) < 4.78 is 10.1. The molecule has 0 saturated carbocycles. The lowest BCUT2D eigenvalue weighted by molar-refractivity contribution is -0.145. The number of carbonyl (C=O) groups is 4. The minimum atomic E-state index is -1.000. The number of nitrogens with zero attached hydrogens (tertiary/aromatic N) is 1. The van der Waals surface area contributed by atoms with Gasteiger partial charge in [-0.1, -0.05) is 69.9 Å². The first-order chi connectivity index (χ1) is 17.3. The van der Waals surface area contributed by atoms with Crippen LogP contribution < -0.4 is 10.6 Å². The number of hydrogen-bond acceptors (Lipinski definition) is 6. The molecule has 0 heterocycles. The number of alkyl carbamates (subject to hydrolysis) is 1. The van der Waals surface area contributed by atoms with E-state index in [-0.39, 0.29) is 12.5 Å². The van der Waals surface area contributed by atoms with E-state index in [0.717, 1.165) is 24.8 Å². The molecule has 0 spiro atoms. The van der Waals surface area contributed by atoms with Crippen LogP contribution in [0, 0.1) is 12.8 Å². The number of aryl methyl sites for hydroxylation is 1. The quantitative estimate of drug-likeness (QED) is 0.297. The monoisotopic (exact) mass is 519 g/mol. The fraction of sp³-hybridized carbons (Fsp3) is 0.643. The van der Waals surface area contributed by atoms with E-state index >= 15 is 0 Å². The summed E-state index contributed by atoms with van der Waals surface area (Å²) in [5, 5.41) is 5.32. The molecule has 9 heteroatoms. The van der Waals surface area contributed by atoms with Crippen molar-refractivity contribution in [1.29, 1.82) is 0 Å². The summed E-state index contributed by atoms with van der Waals surface area (Å²) in [4.78, 5) is 53.4. The second-order valence-corrected chi connectivity index (χ2v) is 10.6. The molecule has 0 saturated heterocycles. The van der Waals surface area contributed by atoms with Crippen molar-refractivity contribution in [3.63, 3.8) is 0 Å². The standard InChI is InChI=1S/C28H45N3O6/c1-9-10-11-12-16-31(26(34)23(19(2)3)30-27(35)37-28(5,6)7)24(21-15-13-14-20(4)17-21)25(33)29-18-22(32)36-8/h13-15,17,19,23-24H,9-12,16,18H2,1-8H3,(H,29,33)(H,30,35). The van der Waals surface area contributed by atoms with Crippen molar-refractivity contribution in [2.75, 3.05) is 20.2 Å². The molecule has 1 aromatic carbocycles. The van der Waals surface area contributed by atoms with E-state index in [9.17, 15) is 19.2 Å². The highest BCUT2D eigenvalue weighted by Crippen LogP contribution is 2.25. The molecule has 37 heavy (non-hydrogen) atoms. The maximum Gasteiger partial charge on any atom is 0.408 e. The van der Waals surface area contributed by atoms with E-state index in [4.69, 9.17) is 4.74 Å². The topological polar surface area (TPSA) is 114 Å². The molecular formula is C28H45N3O6. The Morgan fingerprint density at radius 3 is 2.27 bits per heavy atom. The van der Waals surface area contributed by atoms with E-state index < -0.39 is 41.6 Å². The summed E-state index contributed by atoms with van der Waals surface area (Å²) in [6.07, 6.45) is 2.88. The van der Waals surface area contributed by atoms with Crippen LogP contribution in [0.15, 0.2) is 24.3 Å². The van der Waals surface area contributed by atoms with Crippen LogP contribution in [0.4, 0.5) is 4.79 Å². The van der Waals surface area contributed by atoms with Gasteiger partial charge in [0.25, 0.3) is 0 Å². The Morgan fingerprint density at radius 1 is 1.05 bits per heavy atom. The lowest BCUT2D eigenvalue weighted by atomic mass is 9.97. The Labute approximate surface area is 221 Å². The molecule has 2 unspecified atom stereocenters. The molecule has 0 fully saturated rings. The molecule has 208 valence electrons. The Hall–Kier alpha value is -3.10. The van der Waals surface area contributed by atoms with Crippen LogP contribution in [0.3, 0.4) is 0 Å². The summed E-state index contributed by atoms with van der Waals surface area (Å²) in [5.41, 5.74) is 0.812. The Kier molecular flexibility index (Phi) is 13.1. The van der Waals surface area contributed by atoms with Gasteiger partial charge in [-0.05, 0) is 45.6 Å². The van der Waals surface area contributed by atoms with Gasteiger partial charge in [0, 0.05) is 6.54 Å². The van der Waals surface area contributed by atoms with Crippen LogP contribution in [-0.2, 0) is 23.9 Å². The number of nitrogens with one attached hydrogen (secondary N) is 2. The van der Waals surface area contributed by atoms with Crippen LogP contribution in [0.1, 0.15) is 84.4 Å². The normalized spacial score (nSPS) is 12.9. The minimum Gasteiger partial charge on any atom is -0.468 e. The number of rotatable bonds is 13. The number of methoxy groups -OCH3 is 1. The van der Waals surface area contributed by atoms with Crippen LogP contribution in [0.25, 0.3) is 0 Å². The Balaban J connectivity index is 3.45. The molecule has 2 atom stereocenters. The third-order valence-electron chi connectivity index (χ3n) is 5.69. The fourth-order valence-corrected chi connectivity index (χ4v) is 3.84. The largest absolute Gasteiger partial charge is 0.468 e. The van der Waals surface area contributed by atoms with Gasteiger partial charge in [0.2, 0.25) is 11.8 Å². The number of ether oxygens (including phenoxy) is 2. The molecule has 1 aromatic rings. The molecule has 0 aromatic heterocycles. The maximum atomic E-state index is 14.0. The van der Waals surface area contributed by atoms with Gasteiger partial charge in [-0.2, -0.15) is 0 Å². The molecular weight excluding hydrogens is 474 g/mol. The summed E-state index contributed by atoms with van der Waals surface area (Å²) in [6, 6.07) is 5.45. The number of benzene rings is 1. The van der Waals surface area contributed by atoms with Crippen molar-refractivity contribution in [3.8, 4) is 0 Å². The third kappa shape index (κ3) is 11.2. The number of amides is 3. The Morgan fingerprint density at radius 2 is 1.73 bits per heavy atom. The van der Waals surface area contributed by atoms with Gasteiger partial charge in [0.15, 0.2) is 0 Å². The van der Waals surface area contributed by atoms with Gasteiger partial charge in [-0.15, -0.1) is 0 Å². The highest BCUT2D eigenvalue weighted by molar-refractivity contribution is 5.93. The molecule has 0 aliphatic rings. The molecule has 0 radical (unpaired) electrons. The predicted octanol–water partition coefficient (Wildman–Crippen LogP) is 4.28. The lowest BCUT2D eigenvalue weighted by Gasteiger charge is -2.35. The van der Waals surface area contributed by atoms with Crippen molar-refractivity contribution in [1.82, 2.24) is 15.5 Å². The number of carbonyl (C=O) groups excluding carboxylic acids is 4. The van der Waals surface area contributed by atoms with E-state index in [1.54, 1.807) is 26.8 Å². The summed E-state index contributed by atoms with van der Waals surface area (Å²) in [7, 11) is 1.24.